The highest BCUT2D eigenvalue weighted by molar-refractivity contribution is 6.30. The van der Waals surface area contributed by atoms with Crippen molar-refractivity contribution in [2.75, 3.05) is 19.0 Å². The van der Waals surface area contributed by atoms with Gasteiger partial charge in [-0.2, -0.15) is 0 Å². The minimum Gasteiger partial charge on any atom is -0.496 e. The van der Waals surface area contributed by atoms with Crippen molar-refractivity contribution < 1.29 is 9.53 Å². The van der Waals surface area contributed by atoms with Gasteiger partial charge in [0.1, 0.15) is 5.75 Å². The van der Waals surface area contributed by atoms with E-state index in [0.717, 1.165) is 28.3 Å². The zero-order chi connectivity index (χ0) is 19.8. The Morgan fingerprint density at radius 1 is 1.11 bits per heavy atom. The van der Waals surface area contributed by atoms with Crippen molar-refractivity contribution >= 4 is 23.5 Å². The number of carbonyl (C=O) groups excluding carboxylic acids is 1. The smallest absolute Gasteiger partial charge is 0.254 e. The molecule has 0 saturated heterocycles. The molecular formula is C21H21ClN4O2. The monoisotopic (exact) mass is 396 g/mol. The molecular weight excluding hydrogens is 376 g/mol. The van der Waals surface area contributed by atoms with Crippen LogP contribution in [0.4, 0.5) is 5.95 Å². The average Bonchev–Trinajstić information content (AvgIpc) is 2.73. The van der Waals surface area contributed by atoms with Gasteiger partial charge < -0.3 is 15.4 Å². The average molecular weight is 397 g/mol. The van der Waals surface area contributed by atoms with Crippen LogP contribution in [0.3, 0.4) is 0 Å². The number of hydrogen-bond donors (Lipinski definition) is 2. The minimum absolute atomic E-state index is 0.239. The molecule has 0 aliphatic carbocycles. The Hall–Kier alpha value is -3.12. The molecule has 0 saturated carbocycles. The van der Waals surface area contributed by atoms with E-state index in [2.05, 4.69) is 20.6 Å². The van der Waals surface area contributed by atoms with E-state index in [9.17, 15) is 4.79 Å². The number of rotatable bonds is 8. The summed E-state index contributed by atoms with van der Waals surface area (Å²) in [4.78, 5) is 20.7. The third-order valence-electron chi connectivity index (χ3n) is 4.13. The third kappa shape index (κ3) is 5.44. The summed E-state index contributed by atoms with van der Waals surface area (Å²) in [7, 11) is 1.60. The van der Waals surface area contributed by atoms with Gasteiger partial charge in [-0.3, -0.25) is 4.79 Å². The van der Waals surface area contributed by atoms with Crippen molar-refractivity contribution in [3.8, 4) is 5.75 Å². The van der Waals surface area contributed by atoms with Crippen molar-refractivity contribution in [3.05, 3.63) is 82.6 Å². The molecule has 1 amide bonds. The molecule has 0 aliphatic heterocycles. The van der Waals surface area contributed by atoms with E-state index in [-0.39, 0.29) is 5.91 Å². The van der Waals surface area contributed by atoms with Gasteiger partial charge in [0.25, 0.3) is 5.91 Å². The van der Waals surface area contributed by atoms with Crippen LogP contribution in [-0.4, -0.2) is 29.5 Å². The molecule has 2 aromatic carbocycles. The first-order chi connectivity index (χ1) is 13.7. The molecule has 1 aromatic heterocycles. The Kier molecular flexibility index (Phi) is 6.81. The Labute approximate surface area is 168 Å². The van der Waals surface area contributed by atoms with E-state index >= 15 is 0 Å². The van der Waals surface area contributed by atoms with Crippen LogP contribution >= 0.6 is 11.6 Å². The lowest BCUT2D eigenvalue weighted by atomic mass is 10.1. The Balaban J connectivity index is 1.50. The molecule has 28 heavy (non-hydrogen) atoms. The number of methoxy groups -OCH3 is 1. The molecule has 0 aliphatic rings. The lowest BCUT2D eigenvalue weighted by Crippen LogP contribution is -2.23. The van der Waals surface area contributed by atoms with Gasteiger partial charge in [-0.05, 0) is 30.2 Å². The number of amides is 1. The van der Waals surface area contributed by atoms with Gasteiger partial charge in [-0.25, -0.2) is 9.97 Å². The van der Waals surface area contributed by atoms with Crippen LogP contribution in [0, 0.1) is 0 Å². The summed E-state index contributed by atoms with van der Waals surface area (Å²) in [5.74, 6) is 0.970. The van der Waals surface area contributed by atoms with Gasteiger partial charge in [0.2, 0.25) is 5.95 Å². The van der Waals surface area contributed by atoms with Gasteiger partial charge in [0.05, 0.1) is 12.7 Å². The number of aromatic nitrogens is 2. The van der Waals surface area contributed by atoms with Gasteiger partial charge in [0.15, 0.2) is 0 Å². The first kappa shape index (κ1) is 19.6. The fraction of sp³-hybridized carbons (Fsp3) is 0.190. The van der Waals surface area contributed by atoms with E-state index in [1.165, 1.54) is 12.4 Å². The van der Waals surface area contributed by atoms with E-state index in [0.29, 0.717) is 24.6 Å². The second kappa shape index (κ2) is 9.71. The number of anilines is 1. The van der Waals surface area contributed by atoms with Crippen LogP contribution in [0.2, 0.25) is 5.02 Å². The standard InChI is InChI=1S/C21H21ClN4O2/c1-28-19-8-3-2-6-16(19)12-24-20(27)17-13-25-21(26-14-17)23-10-9-15-5-4-7-18(22)11-15/h2-8,11,13-14H,9-10,12H2,1H3,(H,24,27)(H,23,25,26). The highest BCUT2D eigenvalue weighted by Gasteiger charge is 2.09. The SMILES string of the molecule is COc1ccccc1CNC(=O)c1cnc(NCCc2cccc(Cl)c2)nc1. The molecule has 0 radical (unpaired) electrons. The fourth-order valence-corrected chi connectivity index (χ4v) is 2.89. The normalized spacial score (nSPS) is 10.4. The Morgan fingerprint density at radius 3 is 2.64 bits per heavy atom. The summed E-state index contributed by atoms with van der Waals surface area (Å²) >= 11 is 5.98. The van der Waals surface area contributed by atoms with E-state index in [1.54, 1.807) is 7.11 Å². The predicted molar refractivity (Wildman–Crippen MR) is 110 cm³/mol. The number of nitrogens with one attached hydrogen (secondary N) is 2. The molecule has 0 spiro atoms. The zero-order valence-electron chi connectivity index (χ0n) is 15.5. The zero-order valence-corrected chi connectivity index (χ0v) is 16.2. The number of para-hydroxylation sites is 1. The van der Waals surface area contributed by atoms with Crippen molar-refractivity contribution in [3.63, 3.8) is 0 Å². The highest BCUT2D eigenvalue weighted by atomic mass is 35.5. The van der Waals surface area contributed by atoms with Crippen LogP contribution < -0.4 is 15.4 Å². The van der Waals surface area contributed by atoms with Gasteiger partial charge >= 0.3 is 0 Å². The molecule has 0 atom stereocenters. The van der Waals surface area contributed by atoms with Crippen molar-refractivity contribution in [1.82, 2.24) is 15.3 Å². The van der Waals surface area contributed by atoms with Crippen LogP contribution in [-0.2, 0) is 13.0 Å². The summed E-state index contributed by atoms with van der Waals surface area (Å²) in [5.41, 5.74) is 2.43. The van der Waals surface area contributed by atoms with E-state index < -0.39 is 0 Å². The second-order valence-electron chi connectivity index (χ2n) is 6.10. The third-order valence-corrected chi connectivity index (χ3v) is 4.37. The van der Waals surface area contributed by atoms with Gasteiger partial charge in [0, 0.05) is 36.1 Å². The number of benzene rings is 2. The van der Waals surface area contributed by atoms with E-state index in [1.807, 2.05) is 48.5 Å². The summed E-state index contributed by atoms with van der Waals surface area (Å²) in [6, 6.07) is 15.3. The summed E-state index contributed by atoms with van der Waals surface area (Å²) in [6.45, 7) is 1.03. The summed E-state index contributed by atoms with van der Waals surface area (Å²) in [5, 5.41) is 6.71. The highest BCUT2D eigenvalue weighted by Crippen LogP contribution is 2.17. The maximum Gasteiger partial charge on any atom is 0.254 e. The first-order valence-electron chi connectivity index (χ1n) is 8.86. The molecule has 3 rings (SSSR count). The predicted octanol–water partition coefficient (Wildman–Crippen LogP) is 3.72. The molecule has 2 N–H and O–H groups in total. The molecule has 3 aromatic rings. The van der Waals surface area contributed by atoms with Gasteiger partial charge in [-0.15, -0.1) is 0 Å². The molecule has 0 bridgehead atoms. The molecule has 0 unspecified atom stereocenters. The molecule has 0 fully saturated rings. The van der Waals surface area contributed by atoms with Crippen LogP contribution in [0.15, 0.2) is 60.9 Å². The van der Waals surface area contributed by atoms with E-state index in [4.69, 9.17) is 16.3 Å². The quantitative estimate of drug-likeness (QED) is 0.606. The Bertz CT molecular complexity index is 932. The second-order valence-corrected chi connectivity index (χ2v) is 6.53. The minimum atomic E-state index is -0.239. The topological polar surface area (TPSA) is 76.1 Å². The molecule has 6 nitrogen and oxygen atoms in total. The lowest BCUT2D eigenvalue weighted by Gasteiger charge is -2.10. The number of nitrogens with zero attached hydrogens (tertiary/aromatic N) is 2. The molecule has 1 heterocycles. The largest absolute Gasteiger partial charge is 0.496 e. The van der Waals surface area contributed by atoms with Crippen LogP contribution in [0.1, 0.15) is 21.5 Å². The fourth-order valence-electron chi connectivity index (χ4n) is 2.67. The van der Waals surface area contributed by atoms with Crippen LogP contribution in [0.25, 0.3) is 0 Å². The van der Waals surface area contributed by atoms with Gasteiger partial charge in [-0.1, -0.05) is 41.9 Å². The lowest BCUT2D eigenvalue weighted by molar-refractivity contribution is 0.0950. The first-order valence-corrected chi connectivity index (χ1v) is 9.24. The number of halogens is 1. The maximum absolute atomic E-state index is 12.3. The molecule has 7 heteroatoms. The summed E-state index contributed by atoms with van der Waals surface area (Å²) in [6.07, 6.45) is 3.81. The molecule has 144 valence electrons. The number of ether oxygens (including phenoxy) is 1. The Morgan fingerprint density at radius 2 is 1.89 bits per heavy atom. The van der Waals surface area contributed by atoms with Crippen molar-refractivity contribution in [2.24, 2.45) is 0 Å². The van der Waals surface area contributed by atoms with Crippen molar-refractivity contribution in [2.45, 2.75) is 13.0 Å². The maximum atomic E-state index is 12.3. The summed E-state index contributed by atoms with van der Waals surface area (Å²) < 4.78 is 5.28. The van der Waals surface area contributed by atoms with Crippen molar-refractivity contribution in [1.29, 1.82) is 0 Å². The number of hydrogen-bond acceptors (Lipinski definition) is 5. The number of carbonyl (C=O) groups is 1. The van der Waals surface area contributed by atoms with Crippen LogP contribution in [0.5, 0.6) is 5.75 Å².